The lowest BCUT2D eigenvalue weighted by molar-refractivity contribution is 0.103. The Morgan fingerprint density at radius 1 is 1.47 bits per heavy atom. The zero-order valence-electron chi connectivity index (χ0n) is 10.3. The molecular weight excluding hydrogens is 278 g/mol. The molecule has 3 heteroatoms. The molecule has 1 N–H and O–H groups in total. The topological polar surface area (TPSA) is 21.3 Å². The minimum atomic E-state index is 0.514. The third-order valence-corrected chi connectivity index (χ3v) is 3.74. The fraction of sp³-hybridized carbons (Fsp3) is 0.571. The molecule has 1 aliphatic rings. The highest BCUT2D eigenvalue weighted by molar-refractivity contribution is 9.10. The van der Waals surface area contributed by atoms with Crippen molar-refractivity contribution >= 4 is 21.6 Å². The minimum absolute atomic E-state index is 0.514. The average Bonchev–Trinajstić information content (AvgIpc) is 2.82. The van der Waals surface area contributed by atoms with E-state index >= 15 is 0 Å². The van der Waals surface area contributed by atoms with Gasteiger partial charge in [-0.05, 0) is 50.3 Å². The molecule has 0 saturated carbocycles. The van der Waals surface area contributed by atoms with Crippen LogP contribution in [0.1, 0.15) is 31.2 Å². The van der Waals surface area contributed by atoms with E-state index in [1.165, 1.54) is 36.9 Å². The number of rotatable bonds is 5. The van der Waals surface area contributed by atoms with Gasteiger partial charge >= 0.3 is 0 Å². The summed E-state index contributed by atoms with van der Waals surface area (Å²) in [6.07, 6.45) is 5.36. The lowest BCUT2D eigenvalue weighted by atomic mass is 10.1. The summed E-state index contributed by atoms with van der Waals surface area (Å²) in [4.78, 5) is 0. The summed E-state index contributed by atoms with van der Waals surface area (Å²) in [5.74, 6) is 0. The van der Waals surface area contributed by atoms with Crippen LogP contribution in [-0.4, -0.2) is 19.3 Å². The molecule has 0 bridgehead atoms. The van der Waals surface area contributed by atoms with Crippen LogP contribution in [0.25, 0.3) is 0 Å². The van der Waals surface area contributed by atoms with Gasteiger partial charge in [0, 0.05) is 23.3 Å². The van der Waals surface area contributed by atoms with Crippen LogP contribution in [0.5, 0.6) is 0 Å². The van der Waals surface area contributed by atoms with Crippen molar-refractivity contribution in [3.05, 3.63) is 28.2 Å². The van der Waals surface area contributed by atoms with Crippen LogP contribution in [0.3, 0.4) is 0 Å². The number of halogens is 1. The molecule has 1 aromatic carbocycles. The van der Waals surface area contributed by atoms with E-state index in [2.05, 4.69) is 46.4 Å². The Kier molecular flexibility index (Phi) is 4.86. The summed E-state index contributed by atoms with van der Waals surface area (Å²) in [6.45, 7) is 4.12. The van der Waals surface area contributed by atoms with E-state index < -0.39 is 0 Å². The fourth-order valence-corrected chi connectivity index (χ4v) is 2.57. The number of aryl methyl sites for hydroxylation is 1. The van der Waals surface area contributed by atoms with Crippen molar-refractivity contribution < 1.29 is 4.74 Å². The summed E-state index contributed by atoms with van der Waals surface area (Å²) in [5.41, 5.74) is 2.53. The fourth-order valence-electron chi connectivity index (χ4n) is 2.21. The van der Waals surface area contributed by atoms with Crippen LogP contribution in [-0.2, 0) is 4.74 Å². The second kappa shape index (κ2) is 6.41. The summed E-state index contributed by atoms with van der Waals surface area (Å²) in [6, 6.07) is 6.35. The van der Waals surface area contributed by atoms with Gasteiger partial charge in [-0.2, -0.15) is 0 Å². The van der Waals surface area contributed by atoms with Crippen LogP contribution >= 0.6 is 15.9 Å². The van der Waals surface area contributed by atoms with Crippen molar-refractivity contribution in [2.45, 2.75) is 38.7 Å². The standard InChI is InChI=1S/C14H20BrNO/c1-11-6-7-12(15)10-14(11)16-8-2-4-13-5-3-9-17-13/h6-7,10,13,16H,2-5,8-9H2,1H3. The van der Waals surface area contributed by atoms with E-state index in [9.17, 15) is 0 Å². The van der Waals surface area contributed by atoms with Crippen LogP contribution in [0.2, 0.25) is 0 Å². The first kappa shape index (κ1) is 12.9. The van der Waals surface area contributed by atoms with Crippen LogP contribution in [0.15, 0.2) is 22.7 Å². The molecule has 1 fully saturated rings. The highest BCUT2D eigenvalue weighted by atomic mass is 79.9. The number of nitrogens with one attached hydrogen (secondary N) is 1. The molecule has 0 aliphatic carbocycles. The van der Waals surface area contributed by atoms with Crippen LogP contribution in [0, 0.1) is 6.92 Å². The Hall–Kier alpha value is -0.540. The summed E-state index contributed by atoms with van der Waals surface area (Å²) >= 11 is 3.50. The van der Waals surface area contributed by atoms with Gasteiger partial charge in [0.05, 0.1) is 6.10 Å². The van der Waals surface area contributed by atoms with Crippen LogP contribution in [0.4, 0.5) is 5.69 Å². The molecule has 1 heterocycles. The van der Waals surface area contributed by atoms with Crippen molar-refractivity contribution in [1.29, 1.82) is 0 Å². The monoisotopic (exact) mass is 297 g/mol. The van der Waals surface area contributed by atoms with Gasteiger partial charge in [0.1, 0.15) is 0 Å². The van der Waals surface area contributed by atoms with Gasteiger partial charge in [0.2, 0.25) is 0 Å². The number of anilines is 1. The van der Waals surface area contributed by atoms with Gasteiger partial charge in [-0.25, -0.2) is 0 Å². The van der Waals surface area contributed by atoms with Crippen molar-refractivity contribution in [1.82, 2.24) is 0 Å². The Morgan fingerprint density at radius 3 is 3.12 bits per heavy atom. The number of benzene rings is 1. The molecule has 2 rings (SSSR count). The highest BCUT2D eigenvalue weighted by Crippen LogP contribution is 2.21. The van der Waals surface area contributed by atoms with E-state index in [1.807, 2.05) is 0 Å². The van der Waals surface area contributed by atoms with Crippen molar-refractivity contribution in [3.63, 3.8) is 0 Å². The molecule has 1 aliphatic heterocycles. The van der Waals surface area contributed by atoms with Gasteiger partial charge in [-0.3, -0.25) is 0 Å². The van der Waals surface area contributed by atoms with Gasteiger partial charge < -0.3 is 10.1 Å². The highest BCUT2D eigenvalue weighted by Gasteiger charge is 2.14. The molecule has 1 atom stereocenters. The second-order valence-corrected chi connectivity index (χ2v) is 5.58. The molecule has 1 unspecified atom stereocenters. The van der Waals surface area contributed by atoms with Crippen LogP contribution < -0.4 is 5.32 Å². The van der Waals surface area contributed by atoms with Crippen molar-refractivity contribution in [2.75, 3.05) is 18.5 Å². The third kappa shape index (κ3) is 4.00. The van der Waals surface area contributed by atoms with Gasteiger partial charge in [-0.15, -0.1) is 0 Å². The molecule has 1 aromatic rings. The minimum Gasteiger partial charge on any atom is -0.385 e. The largest absolute Gasteiger partial charge is 0.385 e. The lowest BCUT2D eigenvalue weighted by Gasteiger charge is -2.12. The molecule has 0 amide bonds. The van der Waals surface area contributed by atoms with E-state index in [4.69, 9.17) is 4.74 Å². The summed E-state index contributed by atoms with van der Waals surface area (Å²) < 4.78 is 6.74. The number of ether oxygens (including phenoxy) is 1. The summed E-state index contributed by atoms with van der Waals surface area (Å²) in [7, 11) is 0. The van der Waals surface area contributed by atoms with Gasteiger partial charge in [0.15, 0.2) is 0 Å². The van der Waals surface area contributed by atoms with Crippen molar-refractivity contribution in [3.8, 4) is 0 Å². The average molecular weight is 298 g/mol. The molecule has 1 saturated heterocycles. The molecule has 17 heavy (non-hydrogen) atoms. The van der Waals surface area contributed by atoms with Gasteiger partial charge in [-0.1, -0.05) is 22.0 Å². The van der Waals surface area contributed by atoms with E-state index in [0.717, 1.165) is 17.6 Å². The van der Waals surface area contributed by atoms with Crippen molar-refractivity contribution in [2.24, 2.45) is 0 Å². The van der Waals surface area contributed by atoms with E-state index in [1.54, 1.807) is 0 Å². The Morgan fingerprint density at radius 2 is 2.35 bits per heavy atom. The predicted octanol–water partition coefficient (Wildman–Crippen LogP) is 4.13. The maximum atomic E-state index is 5.61. The normalized spacial score (nSPS) is 19.5. The smallest absolute Gasteiger partial charge is 0.0576 e. The maximum Gasteiger partial charge on any atom is 0.0576 e. The molecule has 94 valence electrons. The molecule has 0 aromatic heterocycles. The summed E-state index contributed by atoms with van der Waals surface area (Å²) in [5, 5.41) is 3.49. The zero-order chi connectivity index (χ0) is 12.1. The first-order chi connectivity index (χ1) is 8.25. The molecular formula is C14H20BrNO. The first-order valence-electron chi connectivity index (χ1n) is 6.37. The van der Waals surface area contributed by atoms with Gasteiger partial charge in [0.25, 0.3) is 0 Å². The third-order valence-electron chi connectivity index (χ3n) is 3.24. The number of hydrogen-bond acceptors (Lipinski definition) is 2. The Labute approximate surface area is 112 Å². The first-order valence-corrected chi connectivity index (χ1v) is 7.16. The maximum absolute atomic E-state index is 5.61. The lowest BCUT2D eigenvalue weighted by Crippen LogP contribution is -2.09. The second-order valence-electron chi connectivity index (χ2n) is 4.66. The molecule has 0 spiro atoms. The molecule has 0 radical (unpaired) electrons. The Balaban J connectivity index is 1.72. The number of hydrogen-bond donors (Lipinski definition) is 1. The zero-order valence-corrected chi connectivity index (χ0v) is 11.9. The van der Waals surface area contributed by atoms with E-state index in [0.29, 0.717) is 6.10 Å². The molecule has 2 nitrogen and oxygen atoms in total. The predicted molar refractivity (Wildman–Crippen MR) is 75.6 cm³/mol. The SMILES string of the molecule is Cc1ccc(Br)cc1NCCCC1CCCO1. The Bertz CT molecular complexity index is 361. The van der Waals surface area contributed by atoms with E-state index in [-0.39, 0.29) is 0 Å². The quantitative estimate of drug-likeness (QED) is 0.825.